The van der Waals surface area contributed by atoms with Gasteiger partial charge in [-0.05, 0) is 6.92 Å². The van der Waals surface area contributed by atoms with E-state index in [1.807, 2.05) is 6.92 Å². The molecule has 0 bridgehead atoms. The molecule has 1 unspecified atom stereocenters. The smallest absolute Gasteiger partial charge is 0.150 e. The molecule has 1 aliphatic rings. The van der Waals surface area contributed by atoms with Crippen molar-refractivity contribution in [3.63, 3.8) is 0 Å². The monoisotopic (exact) mass is 99.1 g/mol. The van der Waals surface area contributed by atoms with E-state index in [-0.39, 0.29) is 6.04 Å². The third kappa shape index (κ3) is 0.800. The first-order chi connectivity index (χ1) is 3.30. The summed E-state index contributed by atoms with van der Waals surface area (Å²) in [4.78, 5) is 10.5. The largest absolute Gasteiger partial charge is 0.307 e. The Balaban J connectivity index is 2.48. The van der Waals surface area contributed by atoms with Gasteiger partial charge in [0.1, 0.15) is 0 Å². The average molecular weight is 99.1 g/mol. The van der Waals surface area contributed by atoms with E-state index in [9.17, 15) is 4.79 Å². The first-order valence-corrected chi connectivity index (χ1v) is 2.57. The van der Waals surface area contributed by atoms with Crippen molar-refractivity contribution in [1.82, 2.24) is 5.32 Å². The first-order valence-electron chi connectivity index (χ1n) is 2.57. The number of carbonyl (C=O) groups is 1. The van der Waals surface area contributed by atoms with Crippen molar-refractivity contribution in [2.75, 3.05) is 6.54 Å². The summed E-state index contributed by atoms with van der Waals surface area (Å²) in [5.41, 5.74) is 0. The third-order valence-corrected chi connectivity index (χ3v) is 1.30. The highest BCUT2D eigenvalue weighted by molar-refractivity contribution is 5.85. The van der Waals surface area contributed by atoms with E-state index < -0.39 is 0 Å². The van der Waals surface area contributed by atoms with Crippen LogP contribution in [0.2, 0.25) is 0 Å². The average Bonchev–Trinajstić information content (AvgIpc) is 1.91. The van der Waals surface area contributed by atoms with E-state index in [2.05, 4.69) is 5.32 Å². The van der Waals surface area contributed by atoms with E-state index in [0.29, 0.717) is 5.78 Å². The van der Waals surface area contributed by atoms with Crippen molar-refractivity contribution in [1.29, 1.82) is 0 Å². The van der Waals surface area contributed by atoms with Crippen molar-refractivity contribution in [2.45, 2.75) is 19.4 Å². The predicted octanol–water partition coefficient (Wildman–Crippen LogP) is -0.0627. The fourth-order valence-corrected chi connectivity index (χ4v) is 0.742. The number of nitrogens with one attached hydrogen (secondary N) is 1. The van der Waals surface area contributed by atoms with Crippen LogP contribution >= 0.6 is 0 Å². The minimum atomic E-state index is 0.125. The predicted molar refractivity (Wildman–Crippen MR) is 27.1 cm³/mol. The Morgan fingerprint density at radius 1 is 1.86 bits per heavy atom. The van der Waals surface area contributed by atoms with Gasteiger partial charge in [0.25, 0.3) is 0 Å². The van der Waals surface area contributed by atoms with Gasteiger partial charge in [-0.3, -0.25) is 4.79 Å². The van der Waals surface area contributed by atoms with Gasteiger partial charge in [-0.2, -0.15) is 0 Å². The van der Waals surface area contributed by atoms with E-state index in [1.54, 1.807) is 0 Å². The Kier molecular flexibility index (Phi) is 1.11. The molecule has 1 heterocycles. The van der Waals surface area contributed by atoms with Gasteiger partial charge in [0.15, 0.2) is 5.78 Å². The maximum atomic E-state index is 10.5. The maximum Gasteiger partial charge on any atom is 0.150 e. The highest BCUT2D eigenvalue weighted by atomic mass is 16.1. The van der Waals surface area contributed by atoms with Gasteiger partial charge in [0, 0.05) is 13.0 Å². The van der Waals surface area contributed by atoms with Crippen LogP contribution in [0, 0.1) is 0 Å². The number of rotatable bonds is 0. The summed E-state index contributed by atoms with van der Waals surface area (Å²) in [5, 5.41) is 3.02. The summed E-state index contributed by atoms with van der Waals surface area (Å²) in [6, 6.07) is 0.125. The molecule has 1 N–H and O–H groups in total. The van der Waals surface area contributed by atoms with E-state index in [1.165, 1.54) is 0 Å². The lowest BCUT2D eigenvalue weighted by Gasteiger charge is -1.94. The molecule has 1 saturated heterocycles. The van der Waals surface area contributed by atoms with E-state index in [0.717, 1.165) is 13.0 Å². The van der Waals surface area contributed by atoms with Gasteiger partial charge in [0.2, 0.25) is 0 Å². The van der Waals surface area contributed by atoms with Crippen LogP contribution in [0.5, 0.6) is 0 Å². The van der Waals surface area contributed by atoms with Gasteiger partial charge in [-0.25, -0.2) is 0 Å². The Labute approximate surface area is 42.9 Å². The van der Waals surface area contributed by atoms with Gasteiger partial charge in [0.05, 0.1) is 6.04 Å². The van der Waals surface area contributed by atoms with Crippen LogP contribution in [0.4, 0.5) is 0 Å². The van der Waals surface area contributed by atoms with Crippen molar-refractivity contribution >= 4 is 5.78 Å². The molecule has 0 aromatic heterocycles. The number of carbonyl (C=O) groups excluding carboxylic acids is 1. The topological polar surface area (TPSA) is 29.1 Å². The lowest BCUT2D eigenvalue weighted by molar-refractivity contribution is -0.118. The molecule has 1 rings (SSSR count). The molecular weight excluding hydrogens is 90.1 g/mol. The Bertz CT molecular complexity index is 90.1. The van der Waals surface area contributed by atoms with Crippen molar-refractivity contribution in [3.05, 3.63) is 0 Å². The summed E-state index contributed by atoms with van der Waals surface area (Å²) in [5.74, 6) is 0.347. The minimum absolute atomic E-state index is 0.125. The lowest BCUT2D eigenvalue weighted by Crippen LogP contribution is -2.22. The zero-order valence-corrected chi connectivity index (χ0v) is 4.40. The fraction of sp³-hybridized carbons (Fsp3) is 0.800. The van der Waals surface area contributed by atoms with Crippen LogP contribution < -0.4 is 5.32 Å². The first kappa shape index (κ1) is 4.78. The molecule has 0 aromatic rings. The molecule has 1 fully saturated rings. The number of ketones is 1. The lowest BCUT2D eigenvalue weighted by atomic mass is 10.2. The number of hydrogen-bond acceptors (Lipinski definition) is 2. The second-order valence-electron chi connectivity index (χ2n) is 1.89. The second kappa shape index (κ2) is 1.62. The quantitative estimate of drug-likeness (QED) is 0.461. The van der Waals surface area contributed by atoms with Crippen molar-refractivity contribution in [3.8, 4) is 0 Å². The molecule has 0 saturated carbocycles. The zero-order chi connectivity index (χ0) is 5.28. The van der Waals surface area contributed by atoms with Crippen LogP contribution in [-0.4, -0.2) is 18.4 Å². The molecule has 0 aliphatic carbocycles. The molecule has 2 heteroatoms. The number of Topliss-reactive ketones (excluding diaryl/α,β-unsaturated/α-hetero) is 1. The zero-order valence-electron chi connectivity index (χ0n) is 4.40. The summed E-state index contributed by atoms with van der Waals surface area (Å²) in [6.45, 7) is 2.77. The number of hydrogen-bond donors (Lipinski definition) is 1. The molecule has 0 aromatic carbocycles. The molecule has 1 atom stereocenters. The van der Waals surface area contributed by atoms with E-state index in [4.69, 9.17) is 0 Å². The van der Waals surface area contributed by atoms with Gasteiger partial charge in [-0.1, -0.05) is 0 Å². The molecule has 1 aliphatic heterocycles. The summed E-state index contributed by atoms with van der Waals surface area (Å²) < 4.78 is 0. The van der Waals surface area contributed by atoms with Crippen LogP contribution in [0.25, 0.3) is 0 Å². The molecular formula is C5H9NO. The second-order valence-corrected chi connectivity index (χ2v) is 1.89. The van der Waals surface area contributed by atoms with Gasteiger partial charge >= 0.3 is 0 Å². The van der Waals surface area contributed by atoms with Crippen LogP contribution in [0.1, 0.15) is 13.3 Å². The highest BCUT2D eigenvalue weighted by Crippen LogP contribution is 1.96. The van der Waals surface area contributed by atoms with Crippen LogP contribution in [0.3, 0.4) is 0 Å². The molecule has 7 heavy (non-hydrogen) atoms. The Hall–Kier alpha value is -0.370. The Morgan fingerprint density at radius 2 is 2.57 bits per heavy atom. The summed E-state index contributed by atoms with van der Waals surface area (Å²) in [7, 11) is 0. The minimum Gasteiger partial charge on any atom is -0.307 e. The van der Waals surface area contributed by atoms with Crippen LogP contribution in [-0.2, 0) is 4.79 Å². The third-order valence-electron chi connectivity index (χ3n) is 1.30. The molecule has 0 radical (unpaired) electrons. The van der Waals surface area contributed by atoms with Gasteiger partial charge < -0.3 is 5.32 Å². The standard InChI is InChI=1S/C5H9NO/c1-4-5(7)2-3-6-4/h4,6H,2-3H2,1H3. The highest BCUT2D eigenvalue weighted by Gasteiger charge is 2.17. The van der Waals surface area contributed by atoms with Crippen LogP contribution in [0.15, 0.2) is 0 Å². The van der Waals surface area contributed by atoms with Crippen molar-refractivity contribution in [2.24, 2.45) is 0 Å². The van der Waals surface area contributed by atoms with Gasteiger partial charge in [-0.15, -0.1) is 0 Å². The summed E-state index contributed by atoms with van der Waals surface area (Å²) >= 11 is 0. The maximum absolute atomic E-state index is 10.5. The molecule has 2 nitrogen and oxygen atoms in total. The molecule has 0 spiro atoms. The summed E-state index contributed by atoms with van der Waals surface area (Å²) in [6.07, 6.45) is 0.723. The fourth-order valence-electron chi connectivity index (χ4n) is 0.742. The molecule has 40 valence electrons. The van der Waals surface area contributed by atoms with Crippen molar-refractivity contribution < 1.29 is 4.79 Å². The Morgan fingerprint density at radius 3 is 2.71 bits per heavy atom. The normalized spacial score (nSPS) is 31.6. The molecule has 0 amide bonds. The SMILES string of the molecule is CC1NCCC1=O. The van der Waals surface area contributed by atoms with E-state index >= 15 is 0 Å².